The van der Waals surface area contributed by atoms with Crippen molar-refractivity contribution in [1.82, 2.24) is 0 Å². The SMILES string of the molecule is NCCc1ccc(OCCCC(N)=O)cc1. The molecule has 4 nitrogen and oxygen atoms in total. The highest BCUT2D eigenvalue weighted by molar-refractivity contribution is 5.73. The average Bonchev–Trinajstić information content (AvgIpc) is 2.27. The summed E-state index contributed by atoms with van der Waals surface area (Å²) >= 11 is 0. The van der Waals surface area contributed by atoms with E-state index in [-0.39, 0.29) is 5.91 Å². The van der Waals surface area contributed by atoms with Gasteiger partial charge in [0.05, 0.1) is 6.61 Å². The monoisotopic (exact) mass is 222 g/mol. The molecular formula is C12H18N2O2. The molecule has 1 rings (SSSR count). The van der Waals surface area contributed by atoms with Crippen LogP contribution in [-0.2, 0) is 11.2 Å². The van der Waals surface area contributed by atoms with Gasteiger partial charge in [-0.3, -0.25) is 4.79 Å². The maximum Gasteiger partial charge on any atom is 0.217 e. The predicted molar refractivity (Wildman–Crippen MR) is 63.1 cm³/mol. The van der Waals surface area contributed by atoms with Crippen molar-refractivity contribution >= 4 is 5.91 Å². The zero-order valence-electron chi connectivity index (χ0n) is 9.32. The Kier molecular flexibility index (Phi) is 5.36. The van der Waals surface area contributed by atoms with E-state index in [9.17, 15) is 4.79 Å². The molecule has 0 unspecified atom stereocenters. The van der Waals surface area contributed by atoms with Crippen LogP contribution in [0.5, 0.6) is 5.75 Å². The molecule has 0 saturated heterocycles. The van der Waals surface area contributed by atoms with Gasteiger partial charge in [-0.05, 0) is 37.1 Å². The van der Waals surface area contributed by atoms with Gasteiger partial charge in [-0.1, -0.05) is 12.1 Å². The molecule has 1 aromatic carbocycles. The largest absolute Gasteiger partial charge is 0.494 e. The molecule has 0 spiro atoms. The van der Waals surface area contributed by atoms with Crippen molar-refractivity contribution in [3.05, 3.63) is 29.8 Å². The molecule has 0 aliphatic carbocycles. The molecule has 0 heterocycles. The summed E-state index contributed by atoms with van der Waals surface area (Å²) in [5.74, 6) is 0.520. The fourth-order valence-electron chi connectivity index (χ4n) is 1.36. The zero-order chi connectivity index (χ0) is 11.8. The Morgan fingerprint density at radius 1 is 1.25 bits per heavy atom. The standard InChI is InChI=1S/C12H18N2O2/c13-8-7-10-3-5-11(6-4-10)16-9-1-2-12(14)15/h3-6H,1-2,7-9,13H2,(H2,14,15). The average molecular weight is 222 g/mol. The van der Waals surface area contributed by atoms with Crippen LogP contribution in [0, 0.1) is 0 Å². The van der Waals surface area contributed by atoms with Gasteiger partial charge < -0.3 is 16.2 Å². The van der Waals surface area contributed by atoms with Gasteiger partial charge in [0, 0.05) is 6.42 Å². The lowest BCUT2D eigenvalue weighted by molar-refractivity contribution is -0.118. The molecule has 88 valence electrons. The van der Waals surface area contributed by atoms with Crippen LogP contribution in [0.15, 0.2) is 24.3 Å². The van der Waals surface area contributed by atoms with Gasteiger partial charge in [0.25, 0.3) is 0 Å². The van der Waals surface area contributed by atoms with Crippen LogP contribution in [-0.4, -0.2) is 19.1 Å². The number of benzene rings is 1. The molecular weight excluding hydrogens is 204 g/mol. The van der Waals surface area contributed by atoms with Crippen molar-refractivity contribution in [2.75, 3.05) is 13.2 Å². The van der Waals surface area contributed by atoms with Crippen LogP contribution in [0.2, 0.25) is 0 Å². The fourth-order valence-corrected chi connectivity index (χ4v) is 1.36. The van der Waals surface area contributed by atoms with Crippen LogP contribution in [0.4, 0.5) is 0 Å². The molecule has 0 bridgehead atoms. The minimum absolute atomic E-state index is 0.290. The molecule has 0 aromatic heterocycles. The first-order chi connectivity index (χ1) is 7.72. The van der Waals surface area contributed by atoms with Crippen LogP contribution in [0.25, 0.3) is 0 Å². The van der Waals surface area contributed by atoms with Gasteiger partial charge in [-0.15, -0.1) is 0 Å². The first kappa shape index (κ1) is 12.5. The second-order valence-corrected chi connectivity index (χ2v) is 3.60. The number of ether oxygens (including phenoxy) is 1. The van der Waals surface area contributed by atoms with Crippen molar-refractivity contribution in [2.24, 2.45) is 11.5 Å². The molecule has 0 fully saturated rings. The summed E-state index contributed by atoms with van der Waals surface area (Å²) in [6.45, 7) is 1.16. The summed E-state index contributed by atoms with van der Waals surface area (Å²) in [7, 11) is 0. The molecule has 0 aliphatic heterocycles. The minimum atomic E-state index is -0.290. The first-order valence-corrected chi connectivity index (χ1v) is 5.42. The van der Waals surface area contributed by atoms with Crippen LogP contribution >= 0.6 is 0 Å². The molecule has 16 heavy (non-hydrogen) atoms. The van der Waals surface area contributed by atoms with Crippen LogP contribution in [0.1, 0.15) is 18.4 Å². The Labute approximate surface area is 95.6 Å². The lowest BCUT2D eigenvalue weighted by atomic mass is 10.1. The second kappa shape index (κ2) is 6.85. The summed E-state index contributed by atoms with van der Waals surface area (Å²) in [4.78, 5) is 10.5. The van der Waals surface area contributed by atoms with E-state index >= 15 is 0 Å². The summed E-state index contributed by atoms with van der Waals surface area (Å²) in [5, 5.41) is 0. The Morgan fingerprint density at radius 3 is 2.50 bits per heavy atom. The van der Waals surface area contributed by atoms with Gasteiger partial charge in [-0.25, -0.2) is 0 Å². The van der Waals surface area contributed by atoms with E-state index in [2.05, 4.69) is 0 Å². The molecule has 4 N–H and O–H groups in total. The normalized spacial score (nSPS) is 10.1. The Bertz CT molecular complexity index is 322. The summed E-state index contributed by atoms with van der Waals surface area (Å²) in [6, 6.07) is 7.82. The third-order valence-corrected chi connectivity index (χ3v) is 2.19. The molecule has 0 aliphatic rings. The van der Waals surface area contributed by atoms with Crippen molar-refractivity contribution in [2.45, 2.75) is 19.3 Å². The van der Waals surface area contributed by atoms with Gasteiger partial charge in [0.1, 0.15) is 5.75 Å². The number of primary amides is 1. The van der Waals surface area contributed by atoms with Gasteiger partial charge in [-0.2, -0.15) is 0 Å². The molecule has 1 aromatic rings. The van der Waals surface area contributed by atoms with Crippen molar-refractivity contribution in [3.8, 4) is 5.75 Å². The number of carbonyl (C=O) groups excluding carboxylic acids is 1. The van der Waals surface area contributed by atoms with E-state index in [1.54, 1.807) is 0 Å². The van der Waals surface area contributed by atoms with Crippen molar-refractivity contribution < 1.29 is 9.53 Å². The highest BCUT2D eigenvalue weighted by atomic mass is 16.5. The van der Waals surface area contributed by atoms with Crippen LogP contribution < -0.4 is 16.2 Å². The summed E-state index contributed by atoms with van der Waals surface area (Å²) in [5.41, 5.74) is 11.7. The first-order valence-electron chi connectivity index (χ1n) is 5.42. The van der Waals surface area contributed by atoms with Crippen molar-refractivity contribution in [1.29, 1.82) is 0 Å². The van der Waals surface area contributed by atoms with E-state index in [1.165, 1.54) is 5.56 Å². The fraction of sp³-hybridized carbons (Fsp3) is 0.417. The van der Waals surface area contributed by atoms with Gasteiger partial charge in [0.15, 0.2) is 0 Å². The number of amides is 1. The Hall–Kier alpha value is -1.55. The maximum atomic E-state index is 10.5. The number of hydrogen-bond acceptors (Lipinski definition) is 3. The zero-order valence-corrected chi connectivity index (χ0v) is 9.32. The summed E-state index contributed by atoms with van der Waals surface area (Å²) in [6.07, 6.45) is 1.90. The number of nitrogens with two attached hydrogens (primary N) is 2. The van der Waals surface area contributed by atoms with Crippen LogP contribution in [0.3, 0.4) is 0 Å². The van der Waals surface area contributed by atoms with E-state index < -0.39 is 0 Å². The minimum Gasteiger partial charge on any atom is -0.494 e. The van der Waals surface area contributed by atoms with E-state index in [1.807, 2.05) is 24.3 Å². The Morgan fingerprint density at radius 2 is 1.94 bits per heavy atom. The van der Waals surface area contributed by atoms with Crippen molar-refractivity contribution in [3.63, 3.8) is 0 Å². The number of rotatable bonds is 7. The van der Waals surface area contributed by atoms with Gasteiger partial charge >= 0.3 is 0 Å². The topological polar surface area (TPSA) is 78.3 Å². The second-order valence-electron chi connectivity index (χ2n) is 3.60. The maximum absolute atomic E-state index is 10.5. The number of carbonyl (C=O) groups is 1. The molecule has 0 radical (unpaired) electrons. The molecule has 0 saturated carbocycles. The molecule has 4 heteroatoms. The van der Waals surface area contributed by atoms with E-state index in [0.29, 0.717) is 26.0 Å². The Balaban J connectivity index is 2.29. The lowest BCUT2D eigenvalue weighted by Gasteiger charge is -2.06. The quantitative estimate of drug-likeness (QED) is 0.671. The molecule has 0 atom stereocenters. The van der Waals surface area contributed by atoms with E-state index in [4.69, 9.17) is 16.2 Å². The number of hydrogen-bond donors (Lipinski definition) is 2. The van der Waals surface area contributed by atoms with E-state index in [0.717, 1.165) is 12.2 Å². The lowest BCUT2D eigenvalue weighted by Crippen LogP contribution is -2.11. The predicted octanol–water partition coefficient (Wildman–Crippen LogP) is 0.832. The smallest absolute Gasteiger partial charge is 0.217 e. The highest BCUT2D eigenvalue weighted by Gasteiger charge is 1.97. The highest BCUT2D eigenvalue weighted by Crippen LogP contribution is 2.12. The summed E-state index contributed by atoms with van der Waals surface area (Å²) < 4.78 is 5.45. The molecule has 1 amide bonds. The van der Waals surface area contributed by atoms with Gasteiger partial charge in [0.2, 0.25) is 5.91 Å². The third-order valence-electron chi connectivity index (χ3n) is 2.19. The third kappa shape index (κ3) is 4.79.